The summed E-state index contributed by atoms with van der Waals surface area (Å²) in [7, 11) is 0. The summed E-state index contributed by atoms with van der Waals surface area (Å²) in [5.74, 6) is -0.595. The Bertz CT molecular complexity index is 1240. The molecule has 1 aliphatic carbocycles. The minimum Gasteiger partial charge on any atom is -0.377 e. The zero-order chi connectivity index (χ0) is 21.6. The number of hydrogen-bond donors (Lipinski definition) is 2. The molecule has 1 saturated carbocycles. The molecule has 2 unspecified atom stereocenters. The largest absolute Gasteiger partial charge is 0.377 e. The van der Waals surface area contributed by atoms with Gasteiger partial charge in [0.1, 0.15) is 5.67 Å². The Morgan fingerprint density at radius 3 is 2.71 bits per heavy atom. The molecule has 0 bridgehead atoms. The Morgan fingerprint density at radius 1 is 1.26 bits per heavy atom. The standard InChI is InChI=1S/C23H23FN6O/c1-23(24)9-2-4-20(23)28-21-18(22(25)31)13-27-30-14-16(12-19(21)30)15-5-7-17(8-6-15)29-11-3-10-26-29/h3,5-8,10-14,20,28H,2,4,9H2,1H3,(H2,25,31). The fourth-order valence-corrected chi connectivity index (χ4v) is 4.31. The van der Waals surface area contributed by atoms with E-state index in [1.165, 1.54) is 6.20 Å². The number of aromatic nitrogens is 4. The Balaban J connectivity index is 1.55. The van der Waals surface area contributed by atoms with Crippen molar-refractivity contribution in [1.82, 2.24) is 19.4 Å². The minimum absolute atomic E-state index is 0.258. The van der Waals surface area contributed by atoms with Crippen LogP contribution >= 0.6 is 0 Å². The van der Waals surface area contributed by atoms with Crippen molar-refractivity contribution in [2.45, 2.75) is 37.9 Å². The fraction of sp³-hybridized carbons (Fsp3) is 0.261. The molecule has 5 rings (SSSR count). The number of nitrogens with one attached hydrogen (secondary N) is 1. The molecule has 0 radical (unpaired) electrons. The van der Waals surface area contributed by atoms with Crippen molar-refractivity contribution in [1.29, 1.82) is 0 Å². The molecular formula is C23H23FN6O. The number of alkyl halides is 1. The molecule has 1 aromatic carbocycles. The topological polar surface area (TPSA) is 90.2 Å². The Morgan fingerprint density at radius 2 is 2.06 bits per heavy atom. The maximum Gasteiger partial charge on any atom is 0.252 e. The molecule has 0 aliphatic heterocycles. The van der Waals surface area contributed by atoms with Gasteiger partial charge in [0.05, 0.1) is 34.7 Å². The SMILES string of the molecule is CC1(F)CCCC1Nc1c(C(N)=O)cnn2cc(-c3ccc(-n4cccn4)cc3)cc12. The second-order valence-corrected chi connectivity index (χ2v) is 8.22. The lowest BCUT2D eigenvalue weighted by atomic mass is 10.0. The van der Waals surface area contributed by atoms with Crippen LogP contribution in [0.5, 0.6) is 0 Å². The van der Waals surface area contributed by atoms with Crippen molar-refractivity contribution in [3.8, 4) is 16.8 Å². The molecule has 7 nitrogen and oxygen atoms in total. The molecule has 3 N–H and O–H groups in total. The van der Waals surface area contributed by atoms with Gasteiger partial charge in [-0.05, 0) is 56.0 Å². The first-order valence-corrected chi connectivity index (χ1v) is 10.3. The van der Waals surface area contributed by atoms with E-state index in [1.807, 2.05) is 48.8 Å². The van der Waals surface area contributed by atoms with Gasteiger partial charge in [0.2, 0.25) is 0 Å². The Kier molecular flexibility index (Phi) is 4.50. The highest BCUT2D eigenvalue weighted by atomic mass is 19.1. The van der Waals surface area contributed by atoms with E-state index in [2.05, 4.69) is 15.5 Å². The number of fused-ring (bicyclic) bond motifs is 1. The molecule has 158 valence electrons. The Labute approximate surface area is 178 Å². The quantitative estimate of drug-likeness (QED) is 0.513. The number of nitrogens with two attached hydrogens (primary N) is 1. The van der Waals surface area contributed by atoms with Crippen LogP contribution in [0, 0.1) is 0 Å². The molecule has 1 fully saturated rings. The summed E-state index contributed by atoms with van der Waals surface area (Å²) >= 11 is 0. The van der Waals surface area contributed by atoms with E-state index >= 15 is 0 Å². The van der Waals surface area contributed by atoms with Crippen molar-refractivity contribution >= 4 is 17.1 Å². The number of amides is 1. The molecule has 8 heteroatoms. The highest BCUT2D eigenvalue weighted by Crippen LogP contribution is 2.37. The zero-order valence-electron chi connectivity index (χ0n) is 17.1. The lowest BCUT2D eigenvalue weighted by Gasteiger charge is -2.26. The van der Waals surface area contributed by atoms with Gasteiger partial charge in [-0.25, -0.2) is 13.6 Å². The normalized spacial score (nSPS) is 20.9. The summed E-state index contributed by atoms with van der Waals surface area (Å²) in [6.07, 6.45) is 8.93. The van der Waals surface area contributed by atoms with Crippen LogP contribution in [0.1, 0.15) is 36.5 Å². The molecule has 4 aromatic rings. The molecule has 0 saturated heterocycles. The van der Waals surface area contributed by atoms with Crippen LogP contribution in [-0.4, -0.2) is 37.0 Å². The highest BCUT2D eigenvalue weighted by molar-refractivity contribution is 6.02. The van der Waals surface area contributed by atoms with Crippen LogP contribution in [0.25, 0.3) is 22.3 Å². The van der Waals surface area contributed by atoms with E-state index in [1.54, 1.807) is 22.3 Å². The minimum atomic E-state index is -1.34. The molecule has 2 atom stereocenters. The predicted octanol–water partition coefficient (Wildman–Crippen LogP) is 3.98. The highest BCUT2D eigenvalue weighted by Gasteiger charge is 2.39. The van der Waals surface area contributed by atoms with Crippen LogP contribution in [0.4, 0.5) is 10.1 Å². The number of carbonyl (C=O) groups excluding carboxylic acids is 1. The molecule has 3 heterocycles. The van der Waals surface area contributed by atoms with Gasteiger partial charge in [-0.2, -0.15) is 10.2 Å². The van der Waals surface area contributed by atoms with Gasteiger partial charge in [-0.3, -0.25) is 4.79 Å². The number of anilines is 1. The molecular weight excluding hydrogens is 395 g/mol. The first-order chi connectivity index (χ1) is 14.9. The summed E-state index contributed by atoms with van der Waals surface area (Å²) in [5, 5.41) is 11.9. The number of hydrogen-bond acceptors (Lipinski definition) is 4. The van der Waals surface area contributed by atoms with E-state index in [-0.39, 0.29) is 11.6 Å². The van der Waals surface area contributed by atoms with Gasteiger partial charge in [-0.1, -0.05) is 12.1 Å². The van der Waals surface area contributed by atoms with E-state index in [0.717, 1.165) is 23.2 Å². The zero-order valence-corrected chi connectivity index (χ0v) is 17.1. The van der Waals surface area contributed by atoms with Gasteiger partial charge in [0.25, 0.3) is 5.91 Å². The maximum absolute atomic E-state index is 14.9. The number of primary amides is 1. The van der Waals surface area contributed by atoms with Crippen LogP contribution < -0.4 is 11.1 Å². The summed E-state index contributed by atoms with van der Waals surface area (Å²) in [6.45, 7) is 1.60. The first-order valence-electron chi connectivity index (χ1n) is 10.3. The number of halogens is 1. The van der Waals surface area contributed by atoms with E-state index < -0.39 is 11.6 Å². The second kappa shape index (κ2) is 7.23. The monoisotopic (exact) mass is 418 g/mol. The molecule has 31 heavy (non-hydrogen) atoms. The third-order valence-electron chi connectivity index (χ3n) is 6.08. The van der Waals surface area contributed by atoms with Gasteiger partial charge in [0.15, 0.2) is 0 Å². The number of benzene rings is 1. The summed E-state index contributed by atoms with van der Waals surface area (Å²) in [6, 6.07) is 11.4. The summed E-state index contributed by atoms with van der Waals surface area (Å²) in [5.41, 5.74) is 8.60. The summed E-state index contributed by atoms with van der Waals surface area (Å²) in [4.78, 5) is 12.1. The van der Waals surface area contributed by atoms with Crippen LogP contribution in [-0.2, 0) is 0 Å². The van der Waals surface area contributed by atoms with Crippen molar-refractivity contribution in [3.63, 3.8) is 0 Å². The molecule has 1 amide bonds. The second-order valence-electron chi connectivity index (χ2n) is 8.22. The van der Waals surface area contributed by atoms with Gasteiger partial charge in [-0.15, -0.1) is 0 Å². The third kappa shape index (κ3) is 3.43. The lowest BCUT2D eigenvalue weighted by molar-refractivity contribution is 0.1000. The fourth-order valence-electron chi connectivity index (χ4n) is 4.31. The average molecular weight is 418 g/mol. The van der Waals surface area contributed by atoms with Gasteiger partial charge < -0.3 is 11.1 Å². The third-order valence-corrected chi connectivity index (χ3v) is 6.08. The van der Waals surface area contributed by atoms with Crippen molar-refractivity contribution in [2.75, 3.05) is 5.32 Å². The molecule has 3 aromatic heterocycles. The van der Waals surface area contributed by atoms with Crippen LogP contribution in [0.15, 0.2) is 61.2 Å². The lowest BCUT2D eigenvalue weighted by Crippen LogP contribution is -2.36. The molecule has 1 aliphatic rings. The van der Waals surface area contributed by atoms with Gasteiger partial charge in [0, 0.05) is 24.2 Å². The van der Waals surface area contributed by atoms with Crippen LogP contribution in [0.2, 0.25) is 0 Å². The van der Waals surface area contributed by atoms with E-state index in [0.29, 0.717) is 24.0 Å². The van der Waals surface area contributed by atoms with E-state index in [9.17, 15) is 9.18 Å². The van der Waals surface area contributed by atoms with Gasteiger partial charge >= 0.3 is 0 Å². The van der Waals surface area contributed by atoms with Crippen molar-refractivity contribution in [2.24, 2.45) is 5.73 Å². The number of nitrogens with zero attached hydrogens (tertiary/aromatic N) is 4. The average Bonchev–Trinajstić information content (AvgIpc) is 3.48. The van der Waals surface area contributed by atoms with E-state index in [4.69, 9.17) is 5.73 Å². The van der Waals surface area contributed by atoms with Crippen LogP contribution in [0.3, 0.4) is 0 Å². The number of rotatable bonds is 5. The predicted molar refractivity (Wildman–Crippen MR) is 117 cm³/mol. The van der Waals surface area contributed by atoms with Crippen molar-refractivity contribution in [3.05, 3.63) is 66.7 Å². The molecule has 0 spiro atoms. The smallest absolute Gasteiger partial charge is 0.252 e. The maximum atomic E-state index is 14.9. The first kappa shape index (κ1) is 19.3. The summed E-state index contributed by atoms with van der Waals surface area (Å²) < 4.78 is 18.4. The Hall–Kier alpha value is -3.68. The van der Waals surface area contributed by atoms with Crippen molar-refractivity contribution < 1.29 is 9.18 Å². The number of carbonyl (C=O) groups is 1.